The predicted molar refractivity (Wildman–Crippen MR) is 72.8 cm³/mol. The fourth-order valence-electron chi connectivity index (χ4n) is 1.71. The van der Waals surface area contributed by atoms with Gasteiger partial charge in [0.1, 0.15) is 5.75 Å². The second kappa shape index (κ2) is 5.19. The van der Waals surface area contributed by atoms with Crippen LogP contribution in [0, 0.1) is 13.8 Å². The highest BCUT2D eigenvalue weighted by atomic mass is 16.5. The van der Waals surface area contributed by atoms with Crippen LogP contribution in [-0.4, -0.2) is 4.98 Å². The van der Waals surface area contributed by atoms with Gasteiger partial charge in [0.15, 0.2) is 0 Å². The molecule has 0 saturated carbocycles. The first-order valence-electron chi connectivity index (χ1n) is 6.03. The van der Waals surface area contributed by atoms with Crippen LogP contribution in [0.25, 0.3) is 0 Å². The molecule has 2 rings (SSSR count). The highest BCUT2D eigenvalue weighted by molar-refractivity contribution is 5.40. The van der Waals surface area contributed by atoms with Crippen LogP contribution in [0.15, 0.2) is 36.5 Å². The van der Waals surface area contributed by atoms with Gasteiger partial charge in [-0.2, -0.15) is 0 Å². The Kier molecular flexibility index (Phi) is 3.63. The molecule has 2 N–H and O–H groups in total. The smallest absolute Gasteiger partial charge is 0.219 e. The van der Waals surface area contributed by atoms with Gasteiger partial charge >= 0.3 is 0 Å². The van der Waals surface area contributed by atoms with E-state index in [0.29, 0.717) is 5.88 Å². The van der Waals surface area contributed by atoms with E-state index in [4.69, 9.17) is 10.5 Å². The summed E-state index contributed by atoms with van der Waals surface area (Å²) < 4.78 is 5.81. The fraction of sp³-hybridized carbons (Fsp3) is 0.267. The average molecular weight is 242 g/mol. The van der Waals surface area contributed by atoms with Gasteiger partial charge in [0, 0.05) is 18.3 Å². The summed E-state index contributed by atoms with van der Waals surface area (Å²) in [6.45, 7) is 6.05. The number of nitrogens with two attached hydrogens (primary N) is 1. The molecule has 2 aromatic rings. The van der Waals surface area contributed by atoms with E-state index in [0.717, 1.165) is 16.9 Å². The maximum Gasteiger partial charge on any atom is 0.219 e. The molecule has 0 fully saturated rings. The summed E-state index contributed by atoms with van der Waals surface area (Å²) in [6.07, 6.45) is 1.72. The van der Waals surface area contributed by atoms with Gasteiger partial charge in [0.2, 0.25) is 5.88 Å². The first kappa shape index (κ1) is 12.6. The van der Waals surface area contributed by atoms with Crippen LogP contribution >= 0.6 is 0 Å². The Labute approximate surface area is 108 Å². The highest BCUT2D eigenvalue weighted by Gasteiger charge is 2.06. The van der Waals surface area contributed by atoms with Crippen LogP contribution in [-0.2, 0) is 0 Å². The van der Waals surface area contributed by atoms with E-state index in [2.05, 4.69) is 18.0 Å². The summed E-state index contributed by atoms with van der Waals surface area (Å²) in [5.74, 6) is 1.42. The van der Waals surface area contributed by atoms with Crippen molar-refractivity contribution in [2.24, 2.45) is 5.73 Å². The average Bonchev–Trinajstić information content (AvgIpc) is 2.35. The summed E-state index contributed by atoms with van der Waals surface area (Å²) in [5, 5.41) is 0. The second-order valence-corrected chi connectivity index (χ2v) is 4.52. The molecule has 3 heteroatoms. The number of aromatic nitrogens is 1. The molecule has 0 aliphatic heterocycles. The molecule has 1 heterocycles. The number of benzene rings is 1. The number of nitrogens with zero attached hydrogens (tertiary/aromatic N) is 1. The number of pyridine rings is 1. The molecule has 0 saturated heterocycles. The van der Waals surface area contributed by atoms with Crippen LogP contribution in [0.4, 0.5) is 0 Å². The lowest BCUT2D eigenvalue weighted by atomic mass is 10.1. The summed E-state index contributed by atoms with van der Waals surface area (Å²) in [5.41, 5.74) is 9.20. The maximum atomic E-state index is 5.85. The Morgan fingerprint density at radius 2 is 2.00 bits per heavy atom. The van der Waals surface area contributed by atoms with Crippen molar-refractivity contribution in [1.29, 1.82) is 0 Å². The fourth-order valence-corrected chi connectivity index (χ4v) is 1.71. The van der Waals surface area contributed by atoms with Crippen LogP contribution in [0.3, 0.4) is 0 Å². The van der Waals surface area contributed by atoms with Crippen LogP contribution in [0.1, 0.15) is 29.7 Å². The third kappa shape index (κ3) is 2.68. The van der Waals surface area contributed by atoms with Crippen molar-refractivity contribution in [3.05, 3.63) is 53.2 Å². The number of aryl methyl sites for hydroxylation is 1. The Hall–Kier alpha value is -1.87. The standard InChI is InChI=1S/C15H18N2O/c1-10-5-4-6-14(11(10)2)18-15-9-13(12(3)16)7-8-17-15/h4-9,12H,16H2,1-3H3. The molecule has 0 amide bonds. The summed E-state index contributed by atoms with van der Waals surface area (Å²) in [4.78, 5) is 4.21. The molecule has 0 spiro atoms. The Morgan fingerprint density at radius 3 is 2.72 bits per heavy atom. The normalized spacial score (nSPS) is 12.2. The minimum atomic E-state index is -0.0195. The topological polar surface area (TPSA) is 48.1 Å². The minimum Gasteiger partial charge on any atom is -0.439 e. The van der Waals surface area contributed by atoms with Gasteiger partial charge in [0.25, 0.3) is 0 Å². The van der Waals surface area contributed by atoms with Gasteiger partial charge in [-0.15, -0.1) is 0 Å². The first-order valence-corrected chi connectivity index (χ1v) is 6.03. The Bertz CT molecular complexity index is 550. The predicted octanol–water partition coefficient (Wildman–Crippen LogP) is 3.51. The third-order valence-corrected chi connectivity index (χ3v) is 3.05. The molecular weight excluding hydrogens is 224 g/mol. The van der Waals surface area contributed by atoms with Crippen molar-refractivity contribution in [3.8, 4) is 11.6 Å². The molecule has 0 radical (unpaired) electrons. The quantitative estimate of drug-likeness (QED) is 0.896. The van der Waals surface area contributed by atoms with E-state index >= 15 is 0 Å². The monoisotopic (exact) mass is 242 g/mol. The van der Waals surface area contributed by atoms with E-state index in [1.54, 1.807) is 6.20 Å². The van der Waals surface area contributed by atoms with E-state index in [1.807, 2.05) is 38.1 Å². The Morgan fingerprint density at radius 1 is 1.22 bits per heavy atom. The van der Waals surface area contributed by atoms with Crippen molar-refractivity contribution >= 4 is 0 Å². The summed E-state index contributed by atoms with van der Waals surface area (Å²) in [6, 6.07) is 9.76. The van der Waals surface area contributed by atoms with E-state index in [-0.39, 0.29) is 6.04 Å². The van der Waals surface area contributed by atoms with Gasteiger partial charge in [-0.25, -0.2) is 4.98 Å². The number of rotatable bonds is 3. The Balaban J connectivity index is 2.28. The largest absolute Gasteiger partial charge is 0.439 e. The molecule has 3 nitrogen and oxygen atoms in total. The second-order valence-electron chi connectivity index (χ2n) is 4.52. The molecule has 0 bridgehead atoms. The van der Waals surface area contributed by atoms with Gasteiger partial charge < -0.3 is 10.5 Å². The van der Waals surface area contributed by atoms with E-state index in [1.165, 1.54) is 5.56 Å². The van der Waals surface area contributed by atoms with Crippen molar-refractivity contribution in [2.45, 2.75) is 26.8 Å². The van der Waals surface area contributed by atoms with Gasteiger partial charge in [-0.3, -0.25) is 0 Å². The lowest BCUT2D eigenvalue weighted by Gasteiger charge is -2.11. The van der Waals surface area contributed by atoms with Crippen LogP contribution in [0.2, 0.25) is 0 Å². The van der Waals surface area contributed by atoms with Crippen LogP contribution in [0.5, 0.6) is 11.6 Å². The van der Waals surface area contributed by atoms with Crippen molar-refractivity contribution < 1.29 is 4.74 Å². The molecule has 1 aromatic heterocycles. The highest BCUT2D eigenvalue weighted by Crippen LogP contribution is 2.26. The van der Waals surface area contributed by atoms with Crippen molar-refractivity contribution in [1.82, 2.24) is 4.98 Å². The molecular formula is C15H18N2O. The summed E-state index contributed by atoms with van der Waals surface area (Å²) in [7, 11) is 0. The lowest BCUT2D eigenvalue weighted by molar-refractivity contribution is 0.457. The maximum absolute atomic E-state index is 5.85. The van der Waals surface area contributed by atoms with Crippen molar-refractivity contribution in [3.63, 3.8) is 0 Å². The molecule has 94 valence electrons. The zero-order chi connectivity index (χ0) is 13.1. The zero-order valence-corrected chi connectivity index (χ0v) is 11.0. The number of ether oxygens (including phenoxy) is 1. The SMILES string of the molecule is Cc1cccc(Oc2cc(C(C)N)ccn2)c1C. The van der Waals surface area contributed by atoms with Crippen molar-refractivity contribution in [2.75, 3.05) is 0 Å². The molecule has 0 aliphatic carbocycles. The first-order chi connectivity index (χ1) is 8.58. The number of hydrogen-bond acceptors (Lipinski definition) is 3. The molecule has 1 aromatic carbocycles. The van der Waals surface area contributed by atoms with Gasteiger partial charge in [-0.05, 0) is 49.6 Å². The van der Waals surface area contributed by atoms with Crippen LogP contribution < -0.4 is 10.5 Å². The minimum absolute atomic E-state index is 0.0195. The number of hydrogen-bond donors (Lipinski definition) is 1. The van der Waals surface area contributed by atoms with Gasteiger partial charge in [0.05, 0.1) is 0 Å². The third-order valence-electron chi connectivity index (χ3n) is 3.05. The summed E-state index contributed by atoms with van der Waals surface area (Å²) >= 11 is 0. The lowest BCUT2D eigenvalue weighted by Crippen LogP contribution is -2.05. The zero-order valence-electron chi connectivity index (χ0n) is 11.0. The van der Waals surface area contributed by atoms with Gasteiger partial charge in [-0.1, -0.05) is 12.1 Å². The molecule has 0 aliphatic rings. The molecule has 18 heavy (non-hydrogen) atoms. The molecule has 1 unspecified atom stereocenters. The van der Waals surface area contributed by atoms with E-state index < -0.39 is 0 Å². The molecule has 1 atom stereocenters. The van der Waals surface area contributed by atoms with E-state index in [9.17, 15) is 0 Å².